The van der Waals surface area contributed by atoms with E-state index in [9.17, 15) is 9.59 Å². The van der Waals surface area contributed by atoms with Gasteiger partial charge in [0.25, 0.3) is 5.91 Å². The standard InChI is InChI=1S/C16H13ClN4O3S/c1-9(18-15(23)11-5-6-24-8-11)14(22)20-16-19-13(21-25-16)10-3-2-4-12(17)7-10/h2-9H,1H3,(H,18,23)(H,19,20,21,22)/t9-/m0/s1. The molecule has 0 fully saturated rings. The summed E-state index contributed by atoms with van der Waals surface area (Å²) in [6, 6.07) is 7.88. The molecule has 0 aliphatic heterocycles. The molecule has 0 aliphatic rings. The monoisotopic (exact) mass is 376 g/mol. The fraction of sp³-hybridized carbons (Fsp3) is 0.125. The van der Waals surface area contributed by atoms with E-state index in [1.807, 2.05) is 6.07 Å². The minimum Gasteiger partial charge on any atom is -0.472 e. The minimum absolute atomic E-state index is 0.337. The summed E-state index contributed by atoms with van der Waals surface area (Å²) in [7, 11) is 0. The molecule has 25 heavy (non-hydrogen) atoms. The fourth-order valence-electron chi connectivity index (χ4n) is 1.97. The van der Waals surface area contributed by atoms with E-state index in [2.05, 4.69) is 20.0 Å². The van der Waals surface area contributed by atoms with Crippen LogP contribution in [0.25, 0.3) is 11.4 Å². The van der Waals surface area contributed by atoms with Gasteiger partial charge in [0.2, 0.25) is 11.0 Å². The van der Waals surface area contributed by atoms with Crippen LogP contribution in [0.5, 0.6) is 0 Å². The second-order valence-electron chi connectivity index (χ2n) is 5.13. The third-order valence-electron chi connectivity index (χ3n) is 3.26. The van der Waals surface area contributed by atoms with Crippen molar-refractivity contribution >= 4 is 40.1 Å². The quantitative estimate of drug-likeness (QED) is 0.712. The van der Waals surface area contributed by atoms with E-state index < -0.39 is 17.9 Å². The third-order valence-corrected chi connectivity index (χ3v) is 4.13. The minimum atomic E-state index is -0.749. The predicted octanol–water partition coefficient (Wildman–Crippen LogP) is 3.21. The lowest BCUT2D eigenvalue weighted by Crippen LogP contribution is -2.41. The van der Waals surface area contributed by atoms with Gasteiger partial charge in [-0.2, -0.15) is 9.36 Å². The molecule has 3 aromatic rings. The van der Waals surface area contributed by atoms with Gasteiger partial charge in [0.05, 0.1) is 11.8 Å². The maximum atomic E-state index is 12.2. The Morgan fingerprint density at radius 1 is 1.32 bits per heavy atom. The molecule has 0 bridgehead atoms. The maximum absolute atomic E-state index is 12.2. The smallest absolute Gasteiger partial charge is 0.255 e. The van der Waals surface area contributed by atoms with Crippen LogP contribution in [0.15, 0.2) is 47.3 Å². The number of halogens is 1. The zero-order valence-electron chi connectivity index (χ0n) is 13.0. The second kappa shape index (κ2) is 7.45. The van der Waals surface area contributed by atoms with Crippen molar-refractivity contribution in [2.75, 3.05) is 5.32 Å². The van der Waals surface area contributed by atoms with Crippen LogP contribution >= 0.6 is 23.1 Å². The van der Waals surface area contributed by atoms with E-state index in [4.69, 9.17) is 16.0 Å². The molecule has 0 spiro atoms. The van der Waals surface area contributed by atoms with E-state index in [0.717, 1.165) is 17.1 Å². The van der Waals surface area contributed by atoms with E-state index >= 15 is 0 Å². The zero-order chi connectivity index (χ0) is 17.8. The molecule has 2 heterocycles. The molecule has 0 unspecified atom stereocenters. The van der Waals surface area contributed by atoms with E-state index in [-0.39, 0.29) is 0 Å². The number of hydrogen-bond acceptors (Lipinski definition) is 6. The molecule has 3 rings (SSSR count). The van der Waals surface area contributed by atoms with Crippen LogP contribution in [-0.4, -0.2) is 27.2 Å². The number of carbonyl (C=O) groups excluding carboxylic acids is 2. The molecular formula is C16H13ClN4O3S. The summed E-state index contributed by atoms with van der Waals surface area (Å²) in [5.41, 5.74) is 1.10. The molecular weight excluding hydrogens is 364 g/mol. The van der Waals surface area contributed by atoms with Crippen molar-refractivity contribution in [2.24, 2.45) is 0 Å². The Kier molecular flexibility index (Phi) is 5.11. The third kappa shape index (κ3) is 4.23. The van der Waals surface area contributed by atoms with Crippen LogP contribution in [0.1, 0.15) is 17.3 Å². The van der Waals surface area contributed by atoms with Crippen LogP contribution in [0.3, 0.4) is 0 Å². The number of benzene rings is 1. The molecule has 1 atom stereocenters. The number of hydrogen-bond donors (Lipinski definition) is 2. The van der Waals surface area contributed by atoms with Gasteiger partial charge in [-0.1, -0.05) is 23.7 Å². The summed E-state index contributed by atoms with van der Waals surface area (Å²) < 4.78 is 9.04. The first-order chi connectivity index (χ1) is 12.0. The number of furan rings is 1. The average Bonchev–Trinajstić information content (AvgIpc) is 3.26. The molecule has 0 radical (unpaired) electrons. The van der Waals surface area contributed by atoms with Crippen molar-refractivity contribution in [1.29, 1.82) is 0 Å². The van der Waals surface area contributed by atoms with Gasteiger partial charge < -0.3 is 9.73 Å². The highest BCUT2D eigenvalue weighted by Gasteiger charge is 2.19. The molecule has 9 heteroatoms. The van der Waals surface area contributed by atoms with Gasteiger partial charge in [0, 0.05) is 22.1 Å². The first-order valence-electron chi connectivity index (χ1n) is 7.26. The van der Waals surface area contributed by atoms with Crippen LogP contribution in [0.2, 0.25) is 5.02 Å². The SMILES string of the molecule is C[C@H](NC(=O)c1ccoc1)C(=O)Nc1nc(-c2cccc(Cl)c2)ns1. The van der Waals surface area contributed by atoms with Crippen molar-refractivity contribution in [3.8, 4) is 11.4 Å². The molecule has 2 amide bonds. The summed E-state index contributed by atoms with van der Waals surface area (Å²) >= 11 is 7.00. The molecule has 0 aliphatic carbocycles. The maximum Gasteiger partial charge on any atom is 0.255 e. The molecule has 0 saturated carbocycles. The first kappa shape index (κ1) is 17.1. The first-order valence-corrected chi connectivity index (χ1v) is 8.41. The Hall–Kier alpha value is -2.71. The average molecular weight is 377 g/mol. The van der Waals surface area contributed by atoms with Crippen molar-refractivity contribution in [1.82, 2.24) is 14.7 Å². The summed E-state index contributed by atoms with van der Waals surface area (Å²) in [5, 5.41) is 6.12. The van der Waals surface area contributed by atoms with Crippen molar-refractivity contribution in [2.45, 2.75) is 13.0 Å². The van der Waals surface area contributed by atoms with Gasteiger partial charge >= 0.3 is 0 Å². The van der Waals surface area contributed by atoms with Crippen LogP contribution in [-0.2, 0) is 4.79 Å². The van der Waals surface area contributed by atoms with Crippen molar-refractivity contribution < 1.29 is 14.0 Å². The van der Waals surface area contributed by atoms with Crippen LogP contribution in [0, 0.1) is 0 Å². The fourth-order valence-corrected chi connectivity index (χ4v) is 2.75. The summed E-state index contributed by atoms with van der Waals surface area (Å²) in [5.74, 6) is -0.322. The Morgan fingerprint density at radius 3 is 2.88 bits per heavy atom. The van der Waals surface area contributed by atoms with Gasteiger partial charge in [-0.25, -0.2) is 0 Å². The number of nitrogens with one attached hydrogen (secondary N) is 2. The largest absolute Gasteiger partial charge is 0.472 e. The number of amides is 2. The highest BCUT2D eigenvalue weighted by Crippen LogP contribution is 2.23. The number of aromatic nitrogens is 2. The number of anilines is 1. The van der Waals surface area contributed by atoms with Gasteiger partial charge in [0.1, 0.15) is 12.3 Å². The van der Waals surface area contributed by atoms with Crippen molar-refractivity contribution in [3.63, 3.8) is 0 Å². The summed E-state index contributed by atoms with van der Waals surface area (Å²) in [6.45, 7) is 1.58. The number of carbonyl (C=O) groups is 2. The molecule has 2 aromatic heterocycles. The number of nitrogens with zero attached hydrogens (tertiary/aromatic N) is 2. The highest BCUT2D eigenvalue weighted by atomic mass is 35.5. The lowest BCUT2D eigenvalue weighted by atomic mass is 10.2. The highest BCUT2D eigenvalue weighted by molar-refractivity contribution is 7.10. The molecule has 7 nitrogen and oxygen atoms in total. The van der Waals surface area contributed by atoms with E-state index in [0.29, 0.717) is 21.5 Å². The van der Waals surface area contributed by atoms with Crippen molar-refractivity contribution in [3.05, 3.63) is 53.4 Å². The molecule has 0 saturated heterocycles. The van der Waals surface area contributed by atoms with E-state index in [1.54, 1.807) is 25.1 Å². The molecule has 2 N–H and O–H groups in total. The van der Waals surface area contributed by atoms with Gasteiger partial charge in [-0.3, -0.25) is 14.9 Å². The molecule has 1 aromatic carbocycles. The second-order valence-corrected chi connectivity index (χ2v) is 6.32. The van der Waals surface area contributed by atoms with E-state index in [1.165, 1.54) is 18.6 Å². The predicted molar refractivity (Wildman–Crippen MR) is 94.6 cm³/mol. The topological polar surface area (TPSA) is 97.1 Å². The lowest BCUT2D eigenvalue weighted by molar-refractivity contribution is -0.117. The Morgan fingerprint density at radius 2 is 2.16 bits per heavy atom. The summed E-state index contributed by atoms with van der Waals surface area (Å²) in [6.07, 6.45) is 2.69. The molecule has 128 valence electrons. The lowest BCUT2D eigenvalue weighted by Gasteiger charge is -2.11. The van der Waals surface area contributed by atoms with Gasteiger partial charge in [-0.05, 0) is 25.1 Å². The Bertz CT molecular complexity index is 894. The van der Waals surface area contributed by atoms with Crippen LogP contribution < -0.4 is 10.6 Å². The van der Waals surface area contributed by atoms with Gasteiger partial charge in [-0.15, -0.1) is 0 Å². The van der Waals surface area contributed by atoms with Gasteiger partial charge in [0.15, 0.2) is 5.82 Å². The Labute approximate surface area is 152 Å². The number of rotatable bonds is 5. The summed E-state index contributed by atoms with van der Waals surface area (Å²) in [4.78, 5) is 28.4. The van der Waals surface area contributed by atoms with Crippen LogP contribution in [0.4, 0.5) is 5.13 Å². The Balaban J connectivity index is 1.62. The zero-order valence-corrected chi connectivity index (χ0v) is 14.6. The normalized spacial score (nSPS) is 11.8.